The monoisotopic (exact) mass is 339 g/mol. The van der Waals surface area contributed by atoms with Gasteiger partial charge in [0.15, 0.2) is 11.5 Å². The van der Waals surface area contributed by atoms with Crippen LogP contribution in [0.2, 0.25) is 0 Å². The Labute approximate surface area is 130 Å². The molecule has 0 radical (unpaired) electrons. The van der Waals surface area contributed by atoms with Gasteiger partial charge in [-0.2, -0.15) is 0 Å². The van der Waals surface area contributed by atoms with E-state index in [0.29, 0.717) is 12.0 Å². The number of fused-ring (bicyclic) bond motifs is 2. The maximum absolute atomic E-state index is 10.1. The normalized spacial score (nSPS) is 29.2. The Morgan fingerprint density at radius 1 is 1.05 bits per heavy atom. The van der Waals surface area contributed by atoms with Crippen molar-refractivity contribution in [1.29, 1.82) is 0 Å². The van der Waals surface area contributed by atoms with Crippen molar-refractivity contribution in [3.05, 3.63) is 23.3 Å². The highest BCUT2D eigenvalue weighted by Gasteiger charge is 2.42. The van der Waals surface area contributed by atoms with Gasteiger partial charge in [0.05, 0.1) is 0 Å². The summed E-state index contributed by atoms with van der Waals surface area (Å²) in [6, 6.07) is 5.14. The number of aromatic hydroxyl groups is 2. The maximum Gasteiger partial charge on any atom is 0.160 e. The number of nitrogens with zero attached hydrogens (tertiary/aromatic N) is 1. The predicted molar refractivity (Wildman–Crippen MR) is 83.7 cm³/mol. The molecule has 1 saturated heterocycles. The van der Waals surface area contributed by atoms with E-state index in [0.717, 1.165) is 24.4 Å². The fourth-order valence-corrected chi connectivity index (χ4v) is 4.12. The Morgan fingerprint density at radius 2 is 1.85 bits per heavy atom. The minimum Gasteiger partial charge on any atom is -0.504 e. The van der Waals surface area contributed by atoms with Crippen LogP contribution in [-0.4, -0.2) is 33.7 Å². The van der Waals surface area contributed by atoms with E-state index in [4.69, 9.17) is 0 Å². The van der Waals surface area contributed by atoms with Crippen molar-refractivity contribution >= 4 is 17.0 Å². The topological polar surface area (TPSA) is 43.7 Å². The lowest BCUT2D eigenvalue weighted by Gasteiger charge is -2.45. The molecule has 2 fully saturated rings. The first-order chi connectivity index (χ1) is 9.24. The zero-order chi connectivity index (χ0) is 13.0. The number of likely N-dealkylation sites (tertiary alicyclic amines) is 1. The molecule has 0 aromatic heterocycles. The summed E-state index contributed by atoms with van der Waals surface area (Å²) in [7, 11) is 0. The Morgan fingerprint density at radius 3 is 2.60 bits per heavy atom. The van der Waals surface area contributed by atoms with Crippen LogP contribution in [-0.2, 0) is 12.8 Å². The van der Waals surface area contributed by atoms with E-state index in [-0.39, 0.29) is 28.5 Å². The summed E-state index contributed by atoms with van der Waals surface area (Å²) in [6.07, 6.45) is 7.27. The van der Waals surface area contributed by atoms with Crippen molar-refractivity contribution in [1.82, 2.24) is 4.90 Å². The first-order valence-corrected chi connectivity index (χ1v) is 7.52. The van der Waals surface area contributed by atoms with Gasteiger partial charge < -0.3 is 10.2 Å². The van der Waals surface area contributed by atoms with E-state index < -0.39 is 0 Å². The maximum atomic E-state index is 10.1. The highest BCUT2D eigenvalue weighted by Crippen LogP contribution is 2.44. The first kappa shape index (κ1) is 14.2. The van der Waals surface area contributed by atoms with E-state index in [1.165, 1.54) is 37.8 Å². The number of rotatable bonds is 1. The highest BCUT2D eigenvalue weighted by atomic mass is 79.9. The molecule has 2 aliphatic carbocycles. The minimum atomic E-state index is 0. The molecule has 0 spiro atoms. The Kier molecular flexibility index (Phi) is 3.71. The molecule has 3 nitrogen and oxygen atoms in total. The van der Waals surface area contributed by atoms with Gasteiger partial charge >= 0.3 is 0 Å². The molecule has 2 N–H and O–H groups in total. The summed E-state index contributed by atoms with van der Waals surface area (Å²) in [5, 5.41) is 19.7. The van der Waals surface area contributed by atoms with Gasteiger partial charge in [0, 0.05) is 17.6 Å². The standard InChI is InChI=1S/C16H21NO2.BrH/c18-15-6-3-10-9-14-11(8-13(10)16(15)19)2-1-7-17(14)12-4-5-12;/h3,6,11-12,14,18-19H,1-2,4-5,7-9H2;1H/t11-,14-;/m1./s1. The van der Waals surface area contributed by atoms with E-state index in [1.807, 2.05) is 6.07 Å². The van der Waals surface area contributed by atoms with Crippen LogP contribution in [0, 0.1) is 5.92 Å². The van der Waals surface area contributed by atoms with Crippen molar-refractivity contribution in [2.24, 2.45) is 5.92 Å². The second-order valence-electron chi connectivity index (χ2n) is 6.42. The van der Waals surface area contributed by atoms with Gasteiger partial charge in [-0.25, -0.2) is 0 Å². The molecule has 0 amide bonds. The molecule has 4 rings (SSSR count). The fraction of sp³-hybridized carbons (Fsp3) is 0.625. The Hall–Kier alpha value is -0.740. The van der Waals surface area contributed by atoms with Crippen LogP contribution in [0.1, 0.15) is 36.8 Å². The van der Waals surface area contributed by atoms with Crippen molar-refractivity contribution in [3.63, 3.8) is 0 Å². The largest absolute Gasteiger partial charge is 0.504 e. The van der Waals surface area contributed by atoms with Crippen LogP contribution < -0.4 is 0 Å². The molecule has 20 heavy (non-hydrogen) atoms. The quantitative estimate of drug-likeness (QED) is 0.773. The van der Waals surface area contributed by atoms with Crippen LogP contribution in [0.5, 0.6) is 11.5 Å². The van der Waals surface area contributed by atoms with Gasteiger partial charge in [0.25, 0.3) is 0 Å². The summed E-state index contributed by atoms with van der Waals surface area (Å²) < 4.78 is 0. The number of piperidine rings is 1. The van der Waals surface area contributed by atoms with Gasteiger partial charge in [0.1, 0.15) is 0 Å². The fourth-order valence-electron chi connectivity index (χ4n) is 4.12. The van der Waals surface area contributed by atoms with Crippen LogP contribution in [0.25, 0.3) is 0 Å². The SMILES string of the molecule is Br.Oc1ccc2c(c1O)C[C@H]1CCCN(C3CC3)[C@@H]1C2. The first-order valence-electron chi connectivity index (χ1n) is 7.52. The van der Waals surface area contributed by atoms with Gasteiger partial charge in [-0.3, -0.25) is 4.90 Å². The van der Waals surface area contributed by atoms with Crippen molar-refractivity contribution < 1.29 is 10.2 Å². The van der Waals surface area contributed by atoms with E-state index in [2.05, 4.69) is 4.90 Å². The molecule has 1 saturated carbocycles. The van der Waals surface area contributed by atoms with Crippen LogP contribution in [0.15, 0.2) is 12.1 Å². The molecule has 1 heterocycles. The van der Waals surface area contributed by atoms with Gasteiger partial charge in [0.2, 0.25) is 0 Å². The summed E-state index contributed by atoms with van der Waals surface area (Å²) in [6.45, 7) is 1.26. The zero-order valence-corrected chi connectivity index (χ0v) is 13.3. The second kappa shape index (κ2) is 5.23. The zero-order valence-electron chi connectivity index (χ0n) is 11.6. The molecule has 2 atom stereocenters. The number of phenolic OH excluding ortho intramolecular Hbond substituents is 2. The molecule has 1 aromatic carbocycles. The number of phenols is 2. The molecule has 0 bridgehead atoms. The lowest BCUT2D eigenvalue weighted by molar-refractivity contribution is 0.0773. The van der Waals surface area contributed by atoms with Gasteiger partial charge in [-0.05, 0) is 62.6 Å². The van der Waals surface area contributed by atoms with Crippen molar-refractivity contribution in [3.8, 4) is 11.5 Å². The van der Waals surface area contributed by atoms with Crippen LogP contribution in [0.4, 0.5) is 0 Å². The van der Waals surface area contributed by atoms with Gasteiger partial charge in [-0.15, -0.1) is 17.0 Å². The lowest BCUT2D eigenvalue weighted by Crippen LogP contribution is -2.50. The highest BCUT2D eigenvalue weighted by molar-refractivity contribution is 8.93. The van der Waals surface area contributed by atoms with Crippen LogP contribution in [0.3, 0.4) is 0 Å². The molecule has 110 valence electrons. The summed E-state index contributed by atoms with van der Waals surface area (Å²) in [4.78, 5) is 2.72. The third kappa shape index (κ3) is 2.23. The second-order valence-corrected chi connectivity index (χ2v) is 6.42. The predicted octanol–water partition coefficient (Wildman–Crippen LogP) is 3.02. The van der Waals surface area contributed by atoms with E-state index in [1.54, 1.807) is 6.07 Å². The van der Waals surface area contributed by atoms with Crippen molar-refractivity contribution in [2.75, 3.05) is 6.54 Å². The molecular formula is C16H22BrNO2. The average molecular weight is 340 g/mol. The Bertz CT molecular complexity index is 515. The number of hydrogen-bond donors (Lipinski definition) is 2. The average Bonchev–Trinajstić information content (AvgIpc) is 3.25. The number of hydrogen-bond acceptors (Lipinski definition) is 3. The molecule has 1 aliphatic heterocycles. The molecular weight excluding hydrogens is 318 g/mol. The molecule has 4 heteroatoms. The smallest absolute Gasteiger partial charge is 0.160 e. The lowest BCUT2D eigenvalue weighted by atomic mass is 9.75. The van der Waals surface area contributed by atoms with E-state index >= 15 is 0 Å². The van der Waals surface area contributed by atoms with Crippen LogP contribution >= 0.6 is 17.0 Å². The molecule has 3 aliphatic rings. The van der Waals surface area contributed by atoms with Crippen molar-refractivity contribution in [2.45, 2.75) is 50.6 Å². The number of halogens is 1. The van der Waals surface area contributed by atoms with E-state index in [9.17, 15) is 10.2 Å². The Balaban J connectivity index is 0.00000121. The summed E-state index contributed by atoms with van der Waals surface area (Å²) in [5.41, 5.74) is 2.24. The molecule has 0 unspecified atom stereocenters. The molecule has 1 aromatic rings. The third-order valence-corrected chi connectivity index (χ3v) is 5.23. The summed E-state index contributed by atoms with van der Waals surface area (Å²) >= 11 is 0. The summed E-state index contributed by atoms with van der Waals surface area (Å²) in [5.74, 6) is 0.820. The third-order valence-electron chi connectivity index (χ3n) is 5.23. The van der Waals surface area contributed by atoms with Gasteiger partial charge in [-0.1, -0.05) is 6.07 Å². The number of benzene rings is 1. The minimum absolute atomic E-state index is 0.